The van der Waals surface area contributed by atoms with Crippen molar-refractivity contribution in [2.24, 2.45) is 0 Å². The van der Waals surface area contributed by atoms with E-state index in [1.54, 1.807) is 42.3 Å². The number of nitrogen functional groups attached to an aromatic ring is 1. The van der Waals surface area contributed by atoms with Gasteiger partial charge in [0, 0.05) is 17.9 Å². The molecule has 2 rings (SSSR count). The van der Waals surface area contributed by atoms with Crippen molar-refractivity contribution in [3.05, 3.63) is 41.7 Å². The Kier molecular flexibility index (Phi) is 3.55. The van der Waals surface area contributed by atoms with E-state index >= 15 is 0 Å². The van der Waals surface area contributed by atoms with Gasteiger partial charge in [0.15, 0.2) is 0 Å². The molecule has 0 aliphatic rings. The Morgan fingerprint density at radius 1 is 1.37 bits per heavy atom. The first kappa shape index (κ1) is 13.1. The molecule has 0 saturated carbocycles. The van der Waals surface area contributed by atoms with E-state index in [2.05, 4.69) is 5.10 Å². The van der Waals surface area contributed by atoms with Crippen LogP contribution in [0.1, 0.15) is 35.9 Å². The van der Waals surface area contributed by atoms with Crippen LogP contribution in [-0.4, -0.2) is 22.7 Å². The Balaban J connectivity index is 2.47. The zero-order chi connectivity index (χ0) is 14.0. The summed E-state index contributed by atoms with van der Waals surface area (Å²) < 4.78 is 6.81. The van der Waals surface area contributed by atoms with Crippen LogP contribution < -0.4 is 10.5 Å². The van der Waals surface area contributed by atoms with Crippen molar-refractivity contribution < 1.29 is 9.53 Å². The van der Waals surface area contributed by atoms with Gasteiger partial charge in [-0.25, -0.2) is 0 Å². The lowest BCUT2D eigenvalue weighted by atomic mass is 10.1. The number of rotatable bonds is 4. The summed E-state index contributed by atoms with van der Waals surface area (Å²) in [5, 5.41) is 4.16. The molecule has 0 amide bonds. The fourth-order valence-corrected chi connectivity index (χ4v) is 1.90. The minimum absolute atomic E-state index is 0.112. The van der Waals surface area contributed by atoms with E-state index in [0.29, 0.717) is 22.7 Å². The number of hydrogen-bond acceptors (Lipinski definition) is 4. The number of ketones is 1. The van der Waals surface area contributed by atoms with Gasteiger partial charge in [-0.3, -0.25) is 9.48 Å². The summed E-state index contributed by atoms with van der Waals surface area (Å²) in [6.07, 6.45) is 1.61. The minimum atomic E-state index is -0.150. The van der Waals surface area contributed by atoms with Gasteiger partial charge in [-0.15, -0.1) is 0 Å². The molecule has 1 heterocycles. The lowest BCUT2D eigenvalue weighted by Gasteiger charge is -2.11. The first-order valence-corrected chi connectivity index (χ1v) is 6.06. The van der Waals surface area contributed by atoms with Crippen LogP contribution in [0.25, 0.3) is 0 Å². The summed E-state index contributed by atoms with van der Waals surface area (Å²) in [6, 6.07) is 6.85. The largest absolute Gasteiger partial charge is 0.497 e. The second kappa shape index (κ2) is 5.14. The molecule has 0 atom stereocenters. The Hall–Kier alpha value is -2.30. The summed E-state index contributed by atoms with van der Waals surface area (Å²) in [5.74, 6) is 0.454. The summed E-state index contributed by atoms with van der Waals surface area (Å²) >= 11 is 0. The second-order valence-corrected chi connectivity index (χ2v) is 4.54. The van der Waals surface area contributed by atoms with E-state index in [4.69, 9.17) is 10.5 Å². The van der Waals surface area contributed by atoms with E-state index in [1.165, 1.54) is 0 Å². The molecular weight excluding hydrogens is 242 g/mol. The highest BCUT2D eigenvalue weighted by Crippen LogP contribution is 2.23. The quantitative estimate of drug-likeness (QED) is 0.675. The first-order chi connectivity index (χ1) is 9.04. The minimum Gasteiger partial charge on any atom is -0.497 e. The van der Waals surface area contributed by atoms with Crippen molar-refractivity contribution in [2.45, 2.75) is 19.9 Å². The van der Waals surface area contributed by atoms with Crippen LogP contribution in [-0.2, 0) is 0 Å². The number of benzene rings is 1. The Morgan fingerprint density at radius 2 is 2.11 bits per heavy atom. The third-order valence-electron chi connectivity index (χ3n) is 2.90. The number of methoxy groups -OCH3 is 1. The highest BCUT2D eigenvalue weighted by atomic mass is 16.5. The monoisotopic (exact) mass is 259 g/mol. The van der Waals surface area contributed by atoms with Gasteiger partial charge in [-0.05, 0) is 38.1 Å². The normalized spacial score (nSPS) is 10.7. The number of hydrogen-bond donors (Lipinski definition) is 1. The molecule has 2 aromatic rings. The van der Waals surface area contributed by atoms with Gasteiger partial charge in [0.2, 0.25) is 5.78 Å². The summed E-state index contributed by atoms with van der Waals surface area (Å²) in [7, 11) is 1.55. The van der Waals surface area contributed by atoms with Crippen LogP contribution in [0.4, 0.5) is 5.69 Å². The van der Waals surface area contributed by atoms with Crippen molar-refractivity contribution in [3.63, 3.8) is 0 Å². The first-order valence-electron chi connectivity index (χ1n) is 6.06. The Bertz CT molecular complexity index is 602. The van der Waals surface area contributed by atoms with E-state index in [-0.39, 0.29) is 11.8 Å². The lowest BCUT2D eigenvalue weighted by molar-refractivity contribution is 0.102. The predicted molar refractivity (Wildman–Crippen MR) is 73.5 cm³/mol. The molecular formula is C14H17N3O2. The van der Waals surface area contributed by atoms with Crippen LogP contribution in [0.5, 0.6) is 5.75 Å². The third kappa shape index (κ3) is 2.45. The molecule has 1 aromatic carbocycles. The second-order valence-electron chi connectivity index (χ2n) is 4.54. The number of carbonyl (C=O) groups excluding carboxylic acids is 1. The molecule has 0 bridgehead atoms. The maximum absolute atomic E-state index is 12.5. The number of carbonyl (C=O) groups is 1. The zero-order valence-corrected chi connectivity index (χ0v) is 11.3. The number of ether oxygens (including phenoxy) is 1. The van der Waals surface area contributed by atoms with E-state index in [1.807, 2.05) is 13.8 Å². The molecule has 0 saturated heterocycles. The van der Waals surface area contributed by atoms with Gasteiger partial charge in [0.25, 0.3) is 0 Å². The average molecular weight is 259 g/mol. The summed E-state index contributed by atoms with van der Waals surface area (Å²) in [5.41, 5.74) is 7.26. The van der Waals surface area contributed by atoms with E-state index < -0.39 is 0 Å². The molecule has 5 heteroatoms. The molecule has 100 valence electrons. The van der Waals surface area contributed by atoms with Crippen LogP contribution >= 0.6 is 0 Å². The van der Waals surface area contributed by atoms with Crippen molar-refractivity contribution in [3.8, 4) is 5.75 Å². The number of anilines is 1. The van der Waals surface area contributed by atoms with Gasteiger partial charge >= 0.3 is 0 Å². The Morgan fingerprint density at radius 3 is 2.74 bits per heavy atom. The molecule has 5 nitrogen and oxygen atoms in total. The van der Waals surface area contributed by atoms with Gasteiger partial charge in [-0.2, -0.15) is 5.10 Å². The van der Waals surface area contributed by atoms with Crippen molar-refractivity contribution in [1.82, 2.24) is 9.78 Å². The van der Waals surface area contributed by atoms with E-state index in [0.717, 1.165) is 0 Å². The standard InChI is InChI=1S/C14H17N3O2/c1-9(2)17-13(6-7-16-17)14(18)11-8-10(19-3)4-5-12(11)15/h4-9H,15H2,1-3H3. The maximum atomic E-state index is 12.5. The number of nitrogens with zero attached hydrogens (tertiary/aromatic N) is 2. The highest BCUT2D eigenvalue weighted by molar-refractivity contribution is 6.11. The van der Waals surface area contributed by atoms with Crippen molar-refractivity contribution in [1.29, 1.82) is 0 Å². The zero-order valence-electron chi connectivity index (χ0n) is 11.3. The van der Waals surface area contributed by atoms with Gasteiger partial charge < -0.3 is 10.5 Å². The predicted octanol–water partition coefficient (Wildman–Crippen LogP) is 2.29. The van der Waals surface area contributed by atoms with Gasteiger partial charge in [0.05, 0.1) is 12.7 Å². The highest BCUT2D eigenvalue weighted by Gasteiger charge is 2.18. The molecule has 1 aromatic heterocycles. The lowest BCUT2D eigenvalue weighted by Crippen LogP contribution is -2.14. The van der Waals surface area contributed by atoms with Crippen LogP contribution in [0, 0.1) is 0 Å². The van der Waals surface area contributed by atoms with Crippen molar-refractivity contribution >= 4 is 11.5 Å². The molecule has 0 radical (unpaired) electrons. The molecule has 0 fully saturated rings. The van der Waals surface area contributed by atoms with Gasteiger partial charge in [-0.1, -0.05) is 0 Å². The fourth-order valence-electron chi connectivity index (χ4n) is 1.90. The van der Waals surface area contributed by atoms with Crippen LogP contribution in [0.15, 0.2) is 30.5 Å². The number of aromatic nitrogens is 2. The van der Waals surface area contributed by atoms with Gasteiger partial charge in [0.1, 0.15) is 11.4 Å². The van der Waals surface area contributed by atoms with Crippen LogP contribution in [0.3, 0.4) is 0 Å². The smallest absolute Gasteiger partial charge is 0.213 e. The molecule has 0 spiro atoms. The molecule has 2 N–H and O–H groups in total. The van der Waals surface area contributed by atoms with E-state index in [9.17, 15) is 4.79 Å². The Labute approximate surface area is 112 Å². The molecule has 0 unspecified atom stereocenters. The molecule has 0 aliphatic heterocycles. The van der Waals surface area contributed by atoms with Crippen LogP contribution in [0.2, 0.25) is 0 Å². The van der Waals surface area contributed by atoms with Crippen molar-refractivity contribution in [2.75, 3.05) is 12.8 Å². The summed E-state index contributed by atoms with van der Waals surface area (Å²) in [6.45, 7) is 3.94. The molecule has 0 aliphatic carbocycles. The summed E-state index contributed by atoms with van der Waals surface area (Å²) in [4.78, 5) is 12.5. The SMILES string of the molecule is COc1ccc(N)c(C(=O)c2ccnn2C(C)C)c1. The maximum Gasteiger partial charge on any atom is 0.213 e. The third-order valence-corrected chi connectivity index (χ3v) is 2.90. The topological polar surface area (TPSA) is 70.1 Å². The fraction of sp³-hybridized carbons (Fsp3) is 0.286. The average Bonchev–Trinajstić information content (AvgIpc) is 2.88. The number of nitrogens with two attached hydrogens (primary N) is 1. The molecule has 19 heavy (non-hydrogen) atoms.